The Bertz CT molecular complexity index is 748. The minimum Gasteiger partial charge on any atom is -0.484 e. The maximum atomic E-state index is 11.6. The molecule has 0 aromatic heterocycles. The van der Waals surface area contributed by atoms with Gasteiger partial charge in [0.25, 0.3) is 11.8 Å². The maximum absolute atomic E-state index is 11.6. The number of halogens is 2. The van der Waals surface area contributed by atoms with Gasteiger partial charge >= 0.3 is 0 Å². The fourth-order valence-corrected chi connectivity index (χ4v) is 2.13. The van der Waals surface area contributed by atoms with E-state index < -0.39 is 11.8 Å². The molecule has 0 aliphatic heterocycles. The number of carbonyl (C=O) groups excluding carboxylic acids is 2. The van der Waals surface area contributed by atoms with Crippen LogP contribution in [0.25, 0.3) is 6.08 Å². The molecule has 2 N–H and O–H groups in total. The van der Waals surface area contributed by atoms with Crippen molar-refractivity contribution < 1.29 is 14.3 Å². The molecule has 2 aromatic carbocycles. The molecular weight excluding hydrogens is 396 g/mol. The number of hydrogen-bond donors (Lipinski definition) is 2. The molecule has 2 amide bonds. The average molecular weight is 410 g/mol. The molecule has 7 heteroatoms. The lowest BCUT2D eigenvalue weighted by Crippen LogP contribution is -2.43. The number of ether oxygens (including phenoxy) is 1. The van der Waals surface area contributed by atoms with Gasteiger partial charge in [-0.25, -0.2) is 0 Å². The van der Waals surface area contributed by atoms with Crippen LogP contribution in [0.15, 0.2) is 59.1 Å². The SMILES string of the molecule is O=C(C=Cc1ccccc1Cl)NNC(=O)COc1ccc(Br)cc1. The number of nitrogens with one attached hydrogen (secondary N) is 2. The summed E-state index contributed by atoms with van der Waals surface area (Å²) < 4.78 is 6.19. The van der Waals surface area contributed by atoms with Gasteiger partial charge in [-0.2, -0.15) is 0 Å². The van der Waals surface area contributed by atoms with Crippen LogP contribution in [0.2, 0.25) is 5.02 Å². The minimum atomic E-state index is -0.480. The van der Waals surface area contributed by atoms with Crippen LogP contribution in [0.3, 0.4) is 0 Å². The Morgan fingerprint density at radius 2 is 1.79 bits per heavy atom. The van der Waals surface area contributed by atoms with E-state index in [2.05, 4.69) is 26.8 Å². The van der Waals surface area contributed by atoms with E-state index in [-0.39, 0.29) is 6.61 Å². The van der Waals surface area contributed by atoms with E-state index in [0.29, 0.717) is 16.3 Å². The topological polar surface area (TPSA) is 67.4 Å². The summed E-state index contributed by atoms with van der Waals surface area (Å²) in [6.45, 7) is -0.212. The highest BCUT2D eigenvalue weighted by molar-refractivity contribution is 9.10. The Labute approximate surface area is 152 Å². The fourth-order valence-electron chi connectivity index (χ4n) is 1.66. The third-order valence-electron chi connectivity index (χ3n) is 2.83. The van der Waals surface area contributed by atoms with Crippen molar-refractivity contribution in [2.75, 3.05) is 6.61 Å². The van der Waals surface area contributed by atoms with Crippen molar-refractivity contribution in [1.29, 1.82) is 0 Å². The second-order valence-corrected chi connectivity index (χ2v) is 5.96. The Kier molecular flexibility index (Phi) is 6.84. The third-order valence-corrected chi connectivity index (χ3v) is 3.70. The molecule has 0 spiro atoms. The van der Waals surface area contributed by atoms with Crippen LogP contribution in [0.1, 0.15) is 5.56 Å². The van der Waals surface area contributed by atoms with E-state index in [1.807, 2.05) is 6.07 Å². The van der Waals surface area contributed by atoms with Crippen molar-refractivity contribution in [3.8, 4) is 5.75 Å². The van der Waals surface area contributed by atoms with Gasteiger partial charge in [0.05, 0.1) is 0 Å². The molecule has 24 heavy (non-hydrogen) atoms. The summed E-state index contributed by atoms with van der Waals surface area (Å²) in [5, 5.41) is 0.536. The van der Waals surface area contributed by atoms with Gasteiger partial charge in [-0.15, -0.1) is 0 Å². The van der Waals surface area contributed by atoms with Crippen LogP contribution >= 0.6 is 27.5 Å². The van der Waals surface area contributed by atoms with Gasteiger partial charge in [0.1, 0.15) is 5.75 Å². The van der Waals surface area contributed by atoms with Gasteiger partial charge in [-0.3, -0.25) is 20.4 Å². The summed E-state index contributed by atoms with van der Waals surface area (Å²) >= 11 is 9.28. The van der Waals surface area contributed by atoms with Gasteiger partial charge in [-0.05, 0) is 42.0 Å². The number of hydrazine groups is 1. The largest absolute Gasteiger partial charge is 0.484 e. The molecule has 0 heterocycles. The zero-order valence-corrected chi connectivity index (χ0v) is 14.8. The molecule has 0 radical (unpaired) electrons. The van der Waals surface area contributed by atoms with Crippen LogP contribution < -0.4 is 15.6 Å². The lowest BCUT2D eigenvalue weighted by atomic mass is 10.2. The van der Waals surface area contributed by atoms with Crippen molar-refractivity contribution >= 4 is 45.4 Å². The zero-order chi connectivity index (χ0) is 17.4. The van der Waals surface area contributed by atoms with E-state index >= 15 is 0 Å². The first-order chi connectivity index (χ1) is 11.5. The highest BCUT2D eigenvalue weighted by Crippen LogP contribution is 2.16. The predicted molar refractivity (Wildman–Crippen MR) is 96.4 cm³/mol. The Morgan fingerprint density at radius 3 is 2.50 bits per heavy atom. The summed E-state index contributed by atoms with van der Waals surface area (Å²) in [6.07, 6.45) is 2.83. The highest BCUT2D eigenvalue weighted by Gasteiger charge is 2.04. The molecule has 0 bridgehead atoms. The summed E-state index contributed by atoms with van der Waals surface area (Å²) in [5.41, 5.74) is 5.23. The Balaban J connectivity index is 1.74. The molecule has 0 aliphatic rings. The number of benzene rings is 2. The highest BCUT2D eigenvalue weighted by atomic mass is 79.9. The molecule has 0 atom stereocenters. The fraction of sp³-hybridized carbons (Fsp3) is 0.0588. The second-order valence-electron chi connectivity index (χ2n) is 4.63. The van der Waals surface area contributed by atoms with Gasteiger partial charge in [0.2, 0.25) is 0 Å². The Morgan fingerprint density at radius 1 is 1.08 bits per heavy atom. The summed E-state index contributed by atoms with van der Waals surface area (Å²) in [6, 6.07) is 14.2. The average Bonchev–Trinajstić information content (AvgIpc) is 2.58. The molecule has 2 rings (SSSR count). The molecule has 2 aromatic rings. The lowest BCUT2D eigenvalue weighted by molar-refractivity contribution is -0.128. The van der Waals surface area contributed by atoms with E-state index in [1.165, 1.54) is 6.08 Å². The predicted octanol–water partition coefficient (Wildman–Crippen LogP) is 3.34. The molecule has 0 fully saturated rings. The van der Waals surface area contributed by atoms with Crippen molar-refractivity contribution in [2.45, 2.75) is 0 Å². The molecular formula is C17H14BrClN2O3. The molecule has 124 valence electrons. The Hall–Kier alpha value is -2.31. The first-order valence-corrected chi connectivity index (χ1v) is 8.11. The molecule has 5 nitrogen and oxygen atoms in total. The summed E-state index contributed by atoms with van der Waals surface area (Å²) in [4.78, 5) is 23.3. The monoisotopic (exact) mass is 408 g/mol. The maximum Gasteiger partial charge on any atom is 0.276 e. The third kappa shape index (κ3) is 6.06. The van der Waals surface area contributed by atoms with Crippen molar-refractivity contribution in [2.24, 2.45) is 0 Å². The first-order valence-electron chi connectivity index (χ1n) is 6.94. The molecule has 0 saturated heterocycles. The van der Waals surface area contributed by atoms with Crippen LogP contribution in [0.4, 0.5) is 0 Å². The molecule has 0 saturated carbocycles. The molecule has 0 unspecified atom stereocenters. The summed E-state index contributed by atoms with van der Waals surface area (Å²) in [5.74, 6) is -0.400. The quantitative estimate of drug-likeness (QED) is 0.588. The number of rotatable bonds is 5. The van der Waals surface area contributed by atoms with Crippen molar-refractivity contribution in [1.82, 2.24) is 10.9 Å². The number of amides is 2. The second kappa shape index (κ2) is 9.10. The van der Waals surface area contributed by atoms with E-state index in [1.54, 1.807) is 48.5 Å². The zero-order valence-electron chi connectivity index (χ0n) is 12.5. The smallest absolute Gasteiger partial charge is 0.276 e. The van der Waals surface area contributed by atoms with Gasteiger partial charge in [-0.1, -0.05) is 45.7 Å². The van der Waals surface area contributed by atoms with E-state index in [9.17, 15) is 9.59 Å². The van der Waals surface area contributed by atoms with Crippen molar-refractivity contribution in [3.05, 3.63) is 69.7 Å². The minimum absolute atomic E-state index is 0.212. The van der Waals surface area contributed by atoms with Gasteiger partial charge < -0.3 is 4.74 Å². The normalized spacial score (nSPS) is 10.4. The van der Waals surface area contributed by atoms with Crippen molar-refractivity contribution in [3.63, 3.8) is 0 Å². The van der Waals surface area contributed by atoms with Crippen LogP contribution in [0.5, 0.6) is 5.75 Å². The number of carbonyl (C=O) groups is 2. The van der Waals surface area contributed by atoms with Crippen LogP contribution in [0, 0.1) is 0 Å². The van der Waals surface area contributed by atoms with E-state index in [4.69, 9.17) is 16.3 Å². The standard InChI is InChI=1S/C17H14BrClN2O3/c18-13-6-8-14(9-7-13)24-11-17(23)21-20-16(22)10-5-12-3-1-2-4-15(12)19/h1-10H,11H2,(H,20,22)(H,21,23). The number of hydrogen-bond acceptors (Lipinski definition) is 3. The lowest BCUT2D eigenvalue weighted by Gasteiger charge is -2.07. The van der Waals surface area contributed by atoms with Crippen LogP contribution in [-0.2, 0) is 9.59 Å². The summed E-state index contributed by atoms with van der Waals surface area (Å²) in [7, 11) is 0. The van der Waals surface area contributed by atoms with Gasteiger partial charge in [0.15, 0.2) is 6.61 Å². The molecule has 0 aliphatic carbocycles. The first kappa shape index (κ1) is 18.0. The van der Waals surface area contributed by atoms with E-state index in [0.717, 1.165) is 4.47 Å². The van der Waals surface area contributed by atoms with Gasteiger partial charge in [0, 0.05) is 15.6 Å². The van der Waals surface area contributed by atoms with Crippen LogP contribution in [-0.4, -0.2) is 18.4 Å².